The Labute approximate surface area is 125 Å². The Morgan fingerprint density at radius 3 is 3.05 bits per heavy atom. The monoisotopic (exact) mass is 297 g/mol. The van der Waals surface area contributed by atoms with E-state index in [-0.39, 0.29) is 0 Å². The Hall–Kier alpha value is -2.80. The van der Waals surface area contributed by atoms with E-state index in [1.54, 1.807) is 41.7 Å². The average Bonchev–Trinajstić information content (AvgIpc) is 3.15. The normalized spacial score (nSPS) is 11.6. The first-order chi connectivity index (χ1) is 10.3. The van der Waals surface area contributed by atoms with Gasteiger partial charge in [0.2, 0.25) is 4.77 Å². The van der Waals surface area contributed by atoms with Crippen LogP contribution in [0.25, 0.3) is 17.5 Å². The van der Waals surface area contributed by atoms with Crippen LogP contribution in [0.15, 0.2) is 58.5 Å². The number of allylic oxidation sites excluding steroid dienone is 1. The molecule has 0 amide bonds. The Bertz CT molecular complexity index is 815. The summed E-state index contributed by atoms with van der Waals surface area (Å²) >= 11 is 5.17. The average molecular weight is 297 g/mol. The molecule has 0 unspecified atom stereocenters. The second-order valence-electron chi connectivity index (χ2n) is 4.04. The molecule has 0 aliphatic carbocycles. The van der Waals surface area contributed by atoms with E-state index in [9.17, 15) is 0 Å². The first kappa shape index (κ1) is 13.2. The number of nitrogens with one attached hydrogen (secondary N) is 1. The van der Waals surface area contributed by atoms with Crippen molar-refractivity contribution in [3.05, 3.63) is 59.5 Å². The van der Waals surface area contributed by atoms with Gasteiger partial charge in [0, 0.05) is 24.2 Å². The summed E-state index contributed by atoms with van der Waals surface area (Å²) in [6.45, 7) is 0. The molecule has 3 aromatic heterocycles. The third-order valence-electron chi connectivity index (χ3n) is 2.64. The maximum absolute atomic E-state index is 5.18. The highest BCUT2D eigenvalue weighted by Gasteiger charge is 2.07. The molecule has 0 spiro atoms. The molecule has 3 rings (SSSR count). The first-order valence-corrected chi connectivity index (χ1v) is 6.58. The predicted octanol–water partition coefficient (Wildman–Crippen LogP) is 3.14. The van der Waals surface area contributed by atoms with Crippen molar-refractivity contribution in [2.45, 2.75) is 0 Å². The van der Waals surface area contributed by atoms with Crippen molar-refractivity contribution in [1.29, 1.82) is 0 Å². The second-order valence-corrected chi connectivity index (χ2v) is 4.43. The molecule has 21 heavy (non-hydrogen) atoms. The van der Waals surface area contributed by atoms with Gasteiger partial charge in [0.1, 0.15) is 5.76 Å². The van der Waals surface area contributed by atoms with Crippen LogP contribution in [-0.2, 0) is 0 Å². The van der Waals surface area contributed by atoms with Crippen molar-refractivity contribution in [1.82, 2.24) is 19.9 Å². The van der Waals surface area contributed by atoms with Gasteiger partial charge in [-0.05, 0) is 48.6 Å². The summed E-state index contributed by atoms with van der Waals surface area (Å²) in [5.41, 5.74) is 0.831. The van der Waals surface area contributed by atoms with Crippen LogP contribution < -0.4 is 0 Å². The number of rotatable bonds is 4. The van der Waals surface area contributed by atoms with Gasteiger partial charge in [0.05, 0.1) is 6.26 Å². The van der Waals surface area contributed by atoms with Crippen LogP contribution in [0.3, 0.4) is 0 Å². The van der Waals surface area contributed by atoms with E-state index >= 15 is 0 Å². The smallest absolute Gasteiger partial charge is 0.216 e. The summed E-state index contributed by atoms with van der Waals surface area (Å²) in [4.78, 5) is 4.06. The minimum absolute atomic E-state index is 0.413. The highest BCUT2D eigenvalue weighted by Crippen LogP contribution is 2.15. The molecule has 0 fully saturated rings. The molecule has 0 atom stereocenters. The fraction of sp³-hybridized carbons (Fsp3) is 0. The highest BCUT2D eigenvalue weighted by atomic mass is 32.1. The van der Waals surface area contributed by atoms with Gasteiger partial charge in [0.25, 0.3) is 0 Å². The number of aromatic amines is 1. The maximum Gasteiger partial charge on any atom is 0.216 e. The molecule has 0 bridgehead atoms. The minimum atomic E-state index is 0.413. The van der Waals surface area contributed by atoms with Crippen LogP contribution in [0.4, 0.5) is 0 Å². The van der Waals surface area contributed by atoms with Gasteiger partial charge in [-0.15, -0.1) is 0 Å². The van der Waals surface area contributed by atoms with Gasteiger partial charge in [-0.25, -0.2) is 5.10 Å². The highest BCUT2D eigenvalue weighted by molar-refractivity contribution is 7.71. The van der Waals surface area contributed by atoms with Gasteiger partial charge in [-0.3, -0.25) is 4.98 Å². The van der Waals surface area contributed by atoms with E-state index < -0.39 is 0 Å². The molecule has 0 aromatic carbocycles. The lowest BCUT2D eigenvalue weighted by atomic mass is 10.3. The summed E-state index contributed by atoms with van der Waals surface area (Å²) in [5, 5.41) is 11.2. The topological polar surface area (TPSA) is 72.0 Å². The van der Waals surface area contributed by atoms with Gasteiger partial charge in [-0.1, -0.05) is 0 Å². The van der Waals surface area contributed by atoms with Crippen molar-refractivity contribution in [2.75, 3.05) is 0 Å². The quantitative estimate of drug-likeness (QED) is 0.593. The summed E-state index contributed by atoms with van der Waals surface area (Å²) in [6.07, 6.45) is 10.2. The van der Waals surface area contributed by atoms with Crippen LogP contribution in [0.1, 0.15) is 5.76 Å². The van der Waals surface area contributed by atoms with E-state index in [0.717, 1.165) is 11.3 Å². The lowest BCUT2D eigenvalue weighted by Crippen LogP contribution is -1.93. The summed E-state index contributed by atoms with van der Waals surface area (Å²) < 4.78 is 7.14. The fourth-order valence-electron chi connectivity index (χ4n) is 1.71. The third-order valence-corrected chi connectivity index (χ3v) is 2.91. The minimum Gasteiger partial charge on any atom is -0.465 e. The lowest BCUT2D eigenvalue weighted by molar-refractivity contribution is 0.557. The molecule has 3 aromatic rings. The van der Waals surface area contributed by atoms with E-state index in [1.165, 1.54) is 0 Å². The molecule has 1 N–H and O–H groups in total. The Balaban J connectivity index is 1.86. The molecule has 104 valence electrons. The molecule has 0 aliphatic rings. The zero-order chi connectivity index (χ0) is 14.5. The Morgan fingerprint density at radius 2 is 2.29 bits per heavy atom. The zero-order valence-electron chi connectivity index (χ0n) is 10.9. The number of nitrogens with zero attached hydrogens (tertiary/aromatic N) is 4. The van der Waals surface area contributed by atoms with Crippen molar-refractivity contribution in [3.8, 4) is 11.4 Å². The van der Waals surface area contributed by atoms with Crippen LogP contribution in [-0.4, -0.2) is 26.1 Å². The van der Waals surface area contributed by atoms with Crippen molar-refractivity contribution < 1.29 is 4.42 Å². The van der Waals surface area contributed by atoms with Crippen molar-refractivity contribution in [2.24, 2.45) is 5.10 Å². The molecule has 3 heterocycles. The van der Waals surface area contributed by atoms with Crippen molar-refractivity contribution in [3.63, 3.8) is 0 Å². The molecule has 0 radical (unpaired) electrons. The van der Waals surface area contributed by atoms with Crippen LogP contribution >= 0.6 is 12.2 Å². The Morgan fingerprint density at radius 1 is 1.33 bits per heavy atom. The van der Waals surface area contributed by atoms with Gasteiger partial charge in [0.15, 0.2) is 5.82 Å². The molecule has 0 saturated heterocycles. The number of furan rings is 1. The number of H-pyrrole nitrogens is 1. The van der Waals surface area contributed by atoms with Gasteiger partial charge < -0.3 is 4.42 Å². The molecule has 6 nitrogen and oxygen atoms in total. The predicted molar refractivity (Wildman–Crippen MR) is 82.3 cm³/mol. The van der Waals surface area contributed by atoms with Crippen LogP contribution in [0, 0.1) is 4.77 Å². The van der Waals surface area contributed by atoms with Crippen LogP contribution in [0.2, 0.25) is 0 Å². The number of pyridine rings is 1. The van der Waals surface area contributed by atoms with E-state index in [4.69, 9.17) is 16.6 Å². The summed E-state index contributed by atoms with van der Waals surface area (Å²) in [5.74, 6) is 1.36. The fourth-order valence-corrected chi connectivity index (χ4v) is 1.89. The number of hydrogen-bond acceptors (Lipinski definition) is 5. The maximum atomic E-state index is 5.18. The lowest BCUT2D eigenvalue weighted by Gasteiger charge is -1.98. The van der Waals surface area contributed by atoms with Crippen molar-refractivity contribution >= 4 is 24.5 Å². The molecular formula is C14H11N5OS. The largest absolute Gasteiger partial charge is 0.465 e. The second kappa shape index (κ2) is 6.10. The number of hydrogen-bond donors (Lipinski definition) is 1. The zero-order valence-corrected chi connectivity index (χ0v) is 11.7. The van der Waals surface area contributed by atoms with E-state index in [1.807, 2.05) is 24.3 Å². The molecular weight excluding hydrogens is 286 g/mol. The summed E-state index contributed by atoms with van der Waals surface area (Å²) in [6, 6.07) is 7.40. The Kier molecular flexibility index (Phi) is 3.83. The van der Waals surface area contributed by atoms with E-state index in [2.05, 4.69) is 20.3 Å². The molecule has 0 saturated carbocycles. The van der Waals surface area contributed by atoms with Gasteiger partial charge >= 0.3 is 0 Å². The third kappa shape index (κ3) is 3.03. The molecule has 7 heteroatoms. The number of aromatic nitrogens is 4. The van der Waals surface area contributed by atoms with Gasteiger partial charge in [-0.2, -0.15) is 14.9 Å². The first-order valence-electron chi connectivity index (χ1n) is 6.17. The molecule has 0 aliphatic heterocycles. The summed E-state index contributed by atoms with van der Waals surface area (Å²) in [7, 11) is 0. The standard InChI is InChI=1S/C14H11N5OS/c21-14-18-17-13(11-4-1-7-15-10-11)19(14)16-8-2-5-12-6-3-9-20-12/h1-10H,(H,18,21)/b5-2+,16-8?. The van der Waals surface area contributed by atoms with Crippen LogP contribution in [0.5, 0.6) is 0 Å². The SMILES string of the molecule is S=c1[nH]nc(-c2cccnc2)n1N=C/C=C/c1ccco1. The van der Waals surface area contributed by atoms with E-state index in [0.29, 0.717) is 10.6 Å².